The quantitative estimate of drug-likeness (QED) is 0.691. The lowest BCUT2D eigenvalue weighted by Gasteiger charge is -2.34. The second kappa shape index (κ2) is 8.19. The summed E-state index contributed by atoms with van der Waals surface area (Å²) in [6.07, 6.45) is 2.03. The zero-order valence-electron chi connectivity index (χ0n) is 16.2. The van der Waals surface area contributed by atoms with Crippen molar-refractivity contribution < 1.29 is 27.5 Å². The molecule has 1 aromatic rings. The summed E-state index contributed by atoms with van der Waals surface area (Å²) in [6, 6.07) is 4.66. The minimum atomic E-state index is -3.69. The molecule has 1 aromatic carbocycles. The third kappa shape index (κ3) is 4.18. The molecule has 0 saturated carbocycles. The molecule has 3 aliphatic rings. The van der Waals surface area contributed by atoms with Gasteiger partial charge in [0.05, 0.1) is 24.7 Å². The molecule has 2 fully saturated rings. The molecular weight excluding hydrogens is 398 g/mol. The van der Waals surface area contributed by atoms with E-state index >= 15 is 0 Å². The van der Waals surface area contributed by atoms with Crippen molar-refractivity contribution in [2.45, 2.75) is 24.2 Å². The minimum Gasteiger partial charge on any atom is -0.490 e. The molecule has 0 bridgehead atoms. The van der Waals surface area contributed by atoms with Crippen molar-refractivity contribution in [2.24, 2.45) is 0 Å². The van der Waals surface area contributed by atoms with E-state index in [-0.39, 0.29) is 36.3 Å². The average Bonchev–Trinajstić information content (AvgIpc) is 2.98. The first-order valence-electron chi connectivity index (χ1n) is 9.90. The first kappa shape index (κ1) is 20.0. The summed E-state index contributed by atoms with van der Waals surface area (Å²) >= 11 is 0. The Morgan fingerprint density at radius 3 is 2.38 bits per heavy atom. The van der Waals surface area contributed by atoms with E-state index in [4.69, 9.17) is 9.47 Å². The lowest BCUT2D eigenvalue weighted by Crippen LogP contribution is -2.52. The van der Waals surface area contributed by atoms with Crippen LogP contribution in [-0.4, -0.2) is 86.8 Å². The van der Waals surface area contributed by atoms with Gasteiger partial charge in [0.1, 0.15) is 0 Å². The molecule has 0 spiro atoms. The van der Waals surface area contributed by atoms with Crippen LogP contribution in [0.3, 0.4) is 0 Å². The first-order valence-corrected chi connectivity index (χ1v) is 11.3. The van der Waals surface area contributed by atoms with Crippen LogP contribution in [0, 0.1) is 0 Å². The molecule has 158 valence electrons. The summed E-state index contributed by atoms with van der Waals surface area (Å²) in [4.78, 5) is 27.5. The van der Waals surface area contributed by atoms with Crippen LogP contribution in [-0.2, 0) is 19.6 Å². The van der Waals surface area contributed by atoms with E-state index in [2.05, 4.69) is 0 Å². The van der Waals surface area contributed by atoms with Crippen LogP contribution in [0.25, 0.3) is 0 Å². The first-order chi connectivity index (χ1) is 13.9. The number of carbonyl (C=O) groups is 2. The summed E-state index contributed by atoms with van der Waals surface area (Å²) in [6.45, 7) is 2.77. The molecule has 0 unspecified atom stereocenters. The fourth-order valence-electron chi connectivity index (χ4n) is 3.77. The molecule has 0 radical (unpaired) electrons. The van der Waals surface area contributed by atoms with E-state index in [0.717, 1.165) is 12.8 Å². The summed E-state index contributed by atoms with van der Waals surface area (Å²) in [7, 11) is -3.69. The van der Waals surface area contributed by atoms with Gasteiger partial charge in [0.15, 0.2) is 11.5 Å². The standard InChI is InChI=1S/C19H25N3O6S/c23-18-3-1-6-21(18)14-19(24)20-7-9-22(10-8-20)29(25,26)15-4-5-16-17(13-15)28-12-2-11-27-16/h4-5,13H,1-3,6-12,14H2. The molecule has 9 nitrogen and oxygen atoms in total. The topological polar surface area (TPSA) is 96.5 Å². The lowest BCUT2D eigenvalue weighted by atomic mass is 10.3. The number of piperazine rings is 1. The lowest BCUT2D eigenvalue weighted by molar-refractivity contribution is -0.139. The predicted octanol–water partition coefficient (Wildman–Crippen LogP) is 0.303. The van der Waals surface area contributed by atoms with Crippen LogP contribution in [0.1, 0.15) is 19.3 Å². The van der Waals surface area contributed by atoms with E-state index in [1.807, 2.05) is 0 Å². The van der Waals surface area contributed by atoms with Gasteiger partial charge in [-0.25, -0.2) is 8.42 Å². The Morgan fingerprint density at radius 1 is 0.966 bits per heavy atom. The molecule has 0 N–H and O–H groups in total. The Kier molecular flexibility index (Phi) is 5.64. The number of benzene rings is 1. The Hall–Kier alpha value is -2.33. The van der Waals surface area contributed by atoms with Gasteiger partial charge in [0.2, 0.25) is 21.8 Å². The zero-order valence-corrected chi connectivity index (χ0v) is 17.0. The Morgan fingerprint density at radius 2 is 1.69 bits per heavy atom. The van der Waals surface area contributed by atoms with Crippen molar-refractivity contribution >= 4 is 21.8 Å². The number of amides is 2. The number of sulfonamides is 1. The summed E-state index contributed by atoms with van der Waals surface area (Å²) in [5, 5.41) is 0. The molecule has 3 aliphatic heterocycles. The molecule has 29 heavy (non-hydrogen) atoms. The maximum absolute atomic E-state index is 13.0. The number of carbonyl (C=O) groups excluding carboxylic acids is 2. The van der Waals surface area contributed by atoms with Crippen LogP contribution in [0.4, 0.5) is 0 Å². The summed E-state index contributed by atoms with van der Waals surface area (Å²) < 4.78 is 38.6. The van der Waals surface area contributed by atoms with Gasteiger partial charge >= 0.3 is 0 Å². The molecule has 0 atom stereocenters. The number of hydrogen-bond acceptors (Lipinski definition) is 6. The van der Waals surface area contributed by atoms with Gasteiger partial charge < -0.3 is 19.3 Å². The minimum absolute atomic E-state index is 0.00831. The number of fused-ring (bicyclic) bond motifs is 1. The van der Waals surface area contributed by atoms with Gasteiger partial charge in [-0.1, -0.05) is 0 Å². The number of ether oxygens (including phenoxy) is 2. The Bertz CT molecular complexity index is 895. The second-order valence-electron chi connectivity index (χ2n) is 7.36. The van der Waals surface area contributed by atoms with Crippen molar-refractivity contribution in [2.75, 3.05) is 52.5 Å². The van der Waals surface area contributed by atoms with Gasteiger partial charge in [-0.15, -0.1) is 0 Å². The number of likely N-dealkylation sites (tertiary alicyclic amines) is 1. The Labute approximate surface area is 170 Å². The van der Waals surface area contributed by atoms with Crippen molar-refractivity contribution in [3.8, 4) is 11.5 Å². The van der Waals surface area contributed by atoms with E-state index in [1.54, 1.807) is 15.9 Å². The van der Waals surface area contributed by atoms with Crippen molar-refractivity contribution in [3.05, 3.63) is 18.2 Å². The van der Waals surface area contributed by atoms with Crippen LogP contribution in [0.15, 0.2) is 23.1 Å². The van der Waals surface area contributed by atoms with E-state index in [9.17, 15) is 18.0 Å². The van der Waals surface area contributed by atoms with E-state index < -0.39 is 10.0 Å². The third-order valence-electron chi connectivity index (χ3n) is 5.45. The SMILES string of the molecule is O=C(CN1CCCC1=O)N1CCN(S(=O)(=O)c2ccc3c(c2)OCCCO3)CC1. The van der Waals surface area contributed by atoms with Crippen LogP contribution < -0.4 is 9.47 Å². The largest absolute Gasteiger partial charge is 0.490 e. The maximum atomic E-state index is 13.0. The molecule has 10 heteroatoms. The maximum Gasteiger partial charge on any atom is 0.243 e. The molecule has 2 saturated heterocycles. The zero-order chi connectivity index (χ0) is 20.4. The van der Waals surface area contributed by atoms with Gasteiger partial charge in [0, 0.05) is 51.6 Å². The molecular formula is C19H25N3O6S. The van der Waals surface area contributed by atoms with Gasteiger partial charge in [0.25, 0.3) is 0 Å². The van der Waals surface area contributed by atoms with Crippen LogP contribution in [0.2, 0.25) is 0 Å². The number of rotatable bonds is 4. The fourth-order valence-corrected chi connectivity index (χ4v) is 5.20. The second-order valence-corrected chi connectivity index (χ2v) is 9.30. The van der Waals surface area contributed by atoms with Crippen molar-refractivity contribution in [1.82, 2.24) is 14.1 Å². The van der Waals surface area contributed by atoms with Crippen molar-refractivity contribution in [1.29, 1.82) is 0 Å². The fraction of sp³-hybridized carbons (Fsp3) is 0.579. The average molecular weight is 423 g/mol. The normalized spacial score (nSPS) is 20.6. The molecule has 4 rings (SSSR count). The highest BCUT2D eigenvalue weighted by Crippen LogP contribution is 2.33. The van der Waals surface area contributed by atoms with E-state index in [1.165, 1.54) is 16.4 Å². The highest BCUT2D eigenvalue weighted by Gasteiger charge is 2.32. The monoisotopic (exact) mass is 423 g/mol. The highest BCUT2D eigenvalue weighted by atomic mass is 32.2. The molecule has 2 amide bonds. The van der Waals surface area contributed by atoms with Gasteiger partial charge in [-0.05, 0) is 18.6 Å². The van der Waals surface area contributed by atoms with Crippen LogP contribution >= 0.6 is 0 Å². The van der Waals surface area contributed by atoms with Crippen molar-refractivity contribution in [3.63, 3.8) is 0 Å². The molecule has 0 aliphatic carbocycles. The number of hydrogen-bond donors (Lipinski definition) is 0. The third-order valence-corrected chi connectivity index (χ3v) is 7.34. The molecule has 3 heterocycles. The predicted molar refractivity (Wildman–Crippen MR) is 103 cm³/mol. The van der Waals surface area contributed by atoms with E-state index in [0.29, 0.717) is 50.8 Å². The highest BCUT2D eigenvalue weighted by molar-refractivity contribution is 7.89. The van der Waals surface area contributed by atoms with Gasteiger partial charge in [-0.2, -0.15) is 4.31 Å². The Balaban J connectivity index is 1.39. The van der Waals surface area contributed by atoms with Crippen LogP contribution in [0.5, 0.6) is 11.5 Å². The van der Waals surface area contributed by atoms with Gasteiger partial charge in [-0.3, -0.25) is 9.59 Å². The summed E-state index contributed by atoms with van der Waals surface area (Å²) in [5.41, 5.74) is 0. The molecule has 0 aromatic heterocycles. The smallest absolute Gasteiger partial charge is 0.243 e. The summed E-state index contributed by atoms with van der Waals surface area (Å²) in [5.74, 6) is 0.864. The number of nitrogens with zero attached hydrogens (tertiary/aromatic N) is 3.